The van der Waals surface area contributed by atoms with E-state index in [1.54, 1.807) is 52.0 Å². The normalized spacial score (nSPS) is 33.0. The molecule has 4 aliphatic heterocycles. The van der Waals surface area contributed by atoms with Crippen molar-refractivity contribution in [3.8, 4) is 0 Å². The number of aliphatic hydroxyl groups is 4. The van der Waals surface area contributed by atoms with E-state index < -0.39 is 134 Å². The van der Waals surface area contributed by atoms with Gasteiger partial charge in [0.1, 0.15) is 61.4 Å². The van der Waals surface area contributed by atoms with Crippen LogP contribution in [0.1, 0.15) is 71.9 Å². The molecule has 3 fully saturated rings. The van der Waals surface area contributed by atoms with Gasteiger partial charge in [-0.3, -0.25) is 4.79 Å². The van der Waals surface area contributed by atoms with Crippen molar-refractivity contribution in [2.75, 3.05) is 19.7 Å². The second-order valence-corrected chi connectivity index (χ2v) is 19.8. The van der Waals surface area contributed by atoms with Crippen LogP contribution in [0, 0.1) is 5.92 Å². The third-order valence-electron chi connectivity index (χ3n) is 13.0. The van der Waals surface area contributed by atoms with Crippen LogP contribution in [0.2, 0.25) is 0 Å². The molecular formula is C51H70N4O17. The van der Waals surface area contributed by atoms with Gasteiger partial charge in [-0.05, 0) is 57.1 Å². The number of nitrogens with one attached hydrogen (secondary N) is 3. The van der Waals surface area contributed by atoms with Gasteiger partial charge in [-0.15, -0.1) is 0 Å². The highest BCUT2D eigenvalue weighted by Gasteiger charge is 2.56. The Morgan fingerprint density at radius 1 is 0.694 bits per heavy atom. The standard InChI is InChI=1S/C51H70N4O17/c1-7-32-19-21-34(53-47(60)64-25-30-15-11-9-12-16-30)43(66-32)69-40-29(3)23-36(52-46(59)51(63)27-55(28-51)49(62)72-50(4,5)6)38(57)42(40)71-45-39(58)41(37(24-56)68-45)70-44-35(22-20-33(8-2)67-44)54-48(61)65-26-31-17-13-10-14-18-31/h9-22,29,32-45,56-58,63H,7-8,23-28H2,1-6H3,(H,52,59)(H,53,60)(H,54,61)/t29-,32+,33-,34+,35+,36+,37+,38-,39+,40+,41+,42+,43+,44+,45-/m0/s1. The molecule has 2 aromatic carbocycles. The minimum atomic E-state index is -2.00. The Labute approximate surface area is 419 Å². The van der Waals surface area contributed by atoms with Gasteiger partial charge in [0.15, 0.2) is 24.5 Å². The molecular weight excluding hydrogens is 941 g/mol. The average molecular weight is 1010 g/mol. The van der Waals surface area contributed by atoms with E-state index in [1.807, 2.05) is 74.5 Å². The molecule has 72 heavy (non-hydrogen) atoms. The van der Waals surface area contributed by atoms with Gasteiger partial charge in [-0.1, -0.05) is 106 Å². The van der Waals surface area contributed by atoms with E-state index in [0.717, 1.165) is 11.1 Å². The van der Waals surface area contributed by atoms with Crippen molar-refractivity contribution >= 4 is 24.2 Å². The predicted molar refractivity (Wildman–Crippen MR) is 254 cm³/mol. The summed E-state index contributed by atoms with van der Waals surface area (Å²) >= 11 is 0. The van der Waals surface area contributed by atoms with E-state index in [4.69, 9.17) is 42.6 Å². The number of carbonyl (C=O) groups is 4. The summed E-state index contributed by atoms with van der Waals surface area (Å²) in [6.45, 7) is 9.30. The number of ether oxygens (including phenoxy) is 9. The smallest absolute Gasteiger partial charge is 0.410 e. The van der Waals surface area contributed by atoms with Crippen molar-refractivity contribution in [1.82, 2.24) is 20.9 Å². The first kappa shape index (κ1) is 54.6. The molecule has 1 aliphatic carbocycles. The van der Waals surface area contributed by atoms with E-state index >= 15 is 0 Å². The molecule has 2 saturated heterocycles. The van der Waals surface area contributed by atoms with E-state index in [1.165, 1.54) is 4.90 Å². The van der Waals surface area contributed by atoms with Crippen molar-refractivity contribution < 1.29 is 82.2 Å². The Morgan fingerprint density at radius 2 is 1.19 bits per heavy atom. The SMILES string of the molecule is CC[C@H]1C=C[C@@H](NC(=O)OCc2ccccc2)[C@@H](O[C@H]2[C@@H](O)[C@H](O[C@@H]3[C@@H](O)[C@H](NC(=O)C4(O)CN(C(=O)OC(C)(C)C)C4)C[C@H](C)[C@H]3O[C@H]3O[C@H](CC)C=C[C@H]3NC(=O)OCc3ccccc3)O[C@@H]2CO)O1. The summed E-state index contributed by atoms with van der Waals surface area (Å²) in [5, 5.41) is 54.4. The maximum Gasteiger partial charge on any atom is 0.410 e. The van der Waals surface area contributed by atoms with Crippen LogP contribution in [-0.4, -0.2) is 166 Å². The molecule has 0 unspecified atom stereocenters. The predicted octanol–water partition coefficient (Wildman–Crippen LogP) is 3.06. The Kier molecular flexibility index (Phi) is 18.4. The molecule has 4 heterocycles. The fraction of sp³-hybridized carbons (Fsp3) is 0.608. The molecule has 7 N–H and O–H groups in total. The molecule has 0 bridgehead atoms. The molecule has 0 aromatic heterocycles. The molecule has 5 aliphatic rings. The summed E-state index contributed by atoms with van der Waals surface area (Å²) in [6.07, 6.45) is -7.21. The van der Waals surface area contributed by atoms with Crippen molar-refractivity contribution in [3.63, 3.8) is 0 Å². The number of likely N-dealkylation sites (tertiary alicyclic amines) is 1. The number of benzene rings is 2. The summed E-state index contributed by atoms with van der Waals surface area (Å²) in [5.74, 6) is -1.43. The lowest BCUT2D eigenvalue weighted by Gasteiger charge is -2.48. The lowest BCUT2D eigenvalue weighted by molar-refractivity contribution is -0.287. The summed E-state index contributed by atoms with van der Waals surface area (Å²) in [4.78, 5) is 53.8. The molecule has 7 rings (SSSR count). The maximum absolute atomic E-state index is 13.8. The Hall–Kier alpha value is -5.20. The summed E-state index contributed by atoms with van der Waals surface area (Å²) in [7, 11) is 0. The zero-order chi connectivity index (χ0) is 51.7. The van der Waals surface area contributed by atoms with Crippen LogP contribution >= 0.6 is 0 Å². The highest BCUT2D eigenvalue weighted by atomic mass is 16.8. The molecule has 21 nitrogen and oxygen atoms in total. The Balaban J connectivity index is 1.09. The Bertz CT molecular complexity index is 2170. The fourth-order valence-electron chi connectivity index (χ4n) is 9.02. The minimum Gasteiger partial charge on any atom is -0.445 e. The lowest BCUT2D eigenvalue weighted by Crippen LogP contribution is -2.72. The van der Waals surface area contributed by atoms with E-state index in [9.17, 15) is 39.6 Å². The van der Waals surface area contributed by atoms with E-state index in [2.05, 4.69) is 16.0 Å². The van der Waals surface area contributed by atoms with Gasteiger partial charge < -0.3 is 83.9 Å². The van der Waals surface area contributed by atoms with Crippen molar-refractivity contribution in [2.45, 2.75) is 171 Å². The summed E-state index contributed by atoms with van der Waals surface area (Å²) in [5.41, 5.74) is -1.26. The van der Waals surface area contributed by atoms with Crippen LogP contribution in [-0.2, 0) is 60.6 Å². The second-order valence-electron chi connectivity index (χ2n) is 19.8. The van der Waals surface area contributed by atoms with Crippen LogP contribution in [0.4, 0.5) is 14.4 Å². The fourth-order valence-corrected chi connectivity index (χ4v) is 9.02. The number of hydrogen-bond donors (Lipinski definition) is 7. The van der Waals surface area contributed by atoms with Crippen LogP contribution in [0.3, 0.4) is 0 Å². The first-order valence-corrected chi connectivity index (χ1v) is 24.6. The number of alkyl carbamates (subject to hydrolysis) is 2. The summed E-state index contributed by atoms with van der Waals surface area (Å²) in [6, 6.07) is 15.4. The zero-order valence-corrected chi connectivity index (χ0v) is 41.4. The van der Waals surface area contributed by atoms with Gasteiger partial charge in [0.05, 0.1) is 44.1 Å². The number of rotatable bonds is 17. The largest absolute Gasteiger partial charge is 0.445 e. The molecule has 15 atom stereocenters. The van der Waals surface area contributed by atoms with Crippen molar-refractivity contribution in [2.24, 2.45) is 5.92 Å². The van der Waals surface area contributed by atoms with E-state index in [-0.39, 0.29) is 32.7 Å². The molecule has 396 valence electrons. The lowest BCUT2D eigenvalue weighted by atomic mass is 9.79. The number of hydrogen-bond acceptors (Lipinski definition) is 17. The van der Waals surface area contributed by atoms with Gasteiger partial charge in [0.25, 0.3) is 5.91 Å². The third-order valence-corrected chi connectivity index (χ3v) is 13.0. The van der Waals surface area contributed by atoms with Gasteiger partial charge in [-0.2, -0.15) is 0 Å². The number of carbonyl (C=O) groups excluding carboxylic acids is 4. The third kappa shape index (κ3) is 13.9. The van der Waals surface area contributed by atoms with Crippen LogP contribution in [0.25, 0.3) is 0 Å². The monoisotopic (exact) mass is 1010 g/mol. The van der Waals surface area contributed by atoms with E-state index in [0.29, 0.717) is 12.8 Å². The van der Waals surface area contributed by atoms with Crippen LogP contribution in [0.5, 0.6) is 0 Å². The number of nitrogens with zero attached hydrogens (tertiary/aromatic N) is 1. The highest BCUT2D eigenvalue weighted by Crippen LogP contribution is 2.37. The van der Waals surface area contributed by atoms with Gasteiger partial charge in [0.2, 0.25) is 0 Å². The number of aliphatic hydroxyl groups excluding tert-OH is 3. The Morgan fingerprint density at radius 3 is 1.68 bits per heavy atom. The number of β-amino-alcohol motifs (C(OH)–C–C–N with tert-alkyl or cyclic N) is 1. The van der Waals surface area contributed by atoms with Crippen molar-refractivity contribution in [3.05, 3.63) is 96.1 Å². The zero-order valence-electron chi connectivity index (χ0n) is 41.4. The molecule has 1 saturated carbocycles. The molecule has 0 radical (unpaired) electrons. The molecule has 21 heteroatoms. The quantitative estimate of drug-likeness (QED) is 0.0887. The van der Waals surface area contributed by atoms with Crippen molar-refractivity contribution in [1.29, 1.82) is 0 Å². The van der Waals surface area contributed by atoms with Crippen LogP contribution in [0.15, 0.2) is 85.0 Å². The maximum atomic E-state index is 13.8. The highest BCUT2D eigenvalue weighted by molar-refractivity contribution is 5.89. The van der Waals surface area contributed by atoms with Gasteiger partial charge >= 0.3 is 18.3 Å². The minimum absolute atomic E-state index is 0.000582. The molecule has 0 spiro atoms. The van der Waals surface area contributed by atoms with Crippen LogP contribution < -0.4 is 16.0 Å². The average Bonchev–Trinajstić information content (AvgIpc) is 3.64. The first-order chi connectivity index (χ1) is 34.4. The van der Waals surface area contributed by atoms with Gasteiger partial charge in [0, 0.05) is 0 Å². The topological polar surface area (TPSA) is 272 Å². The van der Waals surface area contributed by atoms with Gasteiger partial charge in [-0.25, -0.2) is 14.4 Å². The first-order valence-electron chi connectivity index (χ1n) is 24.6. The second kappa shape index (κ2) is 24.2. The molecule has 2 aromatic rings. The molecule has 4 amide bonds. The summed E-state index contributed by atoms with van der Waals surface area (Å²) < 4.78 is 54.5. The number of amides is 4.